The molecule has 1 N–H and O–H groups in total. The molecule has 1 aromatic heterocycles. The third-order valence-corrected chi connectivity index (χ3v) is 7.45. The van der Waals surface area contributed by atoms with Gasteiger partial charge in [-0.05, 0) is 49.2 Å². The van der Waals surface area contributed by atoms with Gasteiger partial charge in [0.1, 0.15) is 18.4 Å². The maximum Gasteiger partial charge on any atom is 0.119 e. The summed E-state index contributed by atoms with van der Waals surface area (Å²) in [5.41, 5.74) is 3.80. The molecule has 2 heterocycles. The lowest BCUT2D eigenvalue weighted by atomic mass is 10.0. The van der Waals surface area contributed by atoms with E-state index in [2.05, 4.69) is 46.9 Å². The van der Waals surface area contributed by atoms with Crippen molar-refractivity contribution in [1.29, 1.82) is 5.26 Å². The summed E-state index contributed by atoms with van der Waals surface area (Å²) in [6.07, 6.45) is 3.65. The SMILES string of the molecule is C=C(NC(CCC)c1ccc(OCCOCCN2CCS(=O)CC2)cc1)/C(C#N)=C/c1cccc(C)n1. The van der Waals surface area contributed by atoms with Crippen molar-refractivity contribution in [3.63, 3.8) is 0 Å². The monoisotopic (exact) mass is 522 g/mol. The number of nitriles is 1. The number of benzene rings is 1. The number of hydrogen-bond donors (Lipinski definition) is 1. The zero-order chi connectivity index (χ0) is 26.5. The van der Waals surface area contributed by atoms with Crippen molar-refractivity contribution < 1.29 is 13.7 Å². The number of aryl methyl sites for hydroxylation is 1. The Balaban J connectivity index is 1.46. The van der Waals surface area contributed by atoms with E-state index in [1.165, 1.54) is 0 Å². The van der Waals surface area contributed by atoms with Crippen molar-refractivity contribution >= 4 is 16.9 Å². The van der Waals surface area contributed by atoms with Crippen LogP contribution in [0, 0.1) is 18.3 Å². The Morgan fingerprint density at radius 1 is 1.22 bits per heavy atom. The van der Waals surface area contributed by atoms with Gasteiger partial charge in [-0.2, -0.15) is 5.26 Å². The molecule has 7 nitrogen and oxygen atoms in total. The molecule has 0 spiro atoms. The quantitative estimate of drug-likeness (QED) is 0.224. The van der Waals surface area contributed by atoms with Gasteiger partial charge >= 0.3 is 0 Å². The standard InChI is InChI=1S/C29H38N4O3S/c1-4-6-29(32-24(3)26(22-30)21-27-8-5-7-23(2)31-27)25-9-11-28(12-10-25)36-18-17-35-16-13-33-14-19-37(34)20-15-33/h5,7-12,21,29,32H,3-4,6,13-20H2,1-2H3/b26-21+. The van der Waals surface area contributed by atoms with Gasteiger partial charge in [-0.1, -0.05) is 38.1 Å². The molecule has 0 aliphatic carbocycles. The van der Waals surface area contributed by atoms with E-state index in [0.29, 0.717) is 31.1 Å². The van der Waals surface area contributed by atoms with Crippen LogP contribution in [-0.2, 0) is 15.5 Å². The summed E-state index contributed by atoms with van der Waals surface area (Å²) in [5.74, 6) is 2.33. The summed E-state index contributed by atoms with van der Waals surface area (Å²) in [4.78, 5) is 6.76. The minimum absolute atomic E-state index is 0.0318. The molecule has 1 unspecified atom stereocenters. The third kappa shape index (κ3) is 9.77. The summed E-state index contributed by atoms with van der Waals surface area (Å²) in [5, 5.41) is 13.1. The van der Waals surface area contributed by atoms with Gasteiger partial charge in [-0.3, -0.25) is 14.1 Å². The lowest BCUT2D eigenvalue weighted by molar-refractivity contribution is 0.0817. The van der Waals surface area contributed by atoms with Crippen LogP contribution in [0.4, 0.5) is 0 Å². The van der Waals surface area contributed by atoms with Crippen molar-refractivity contribution in [2.24, 2.45) is 0 Å². The Hall–Kier alpha value is -2.99. The number of hydrogen-bond acceptors (Lipinski definition) is 7. The largest absolute Gasteiger partial charge is 0.491 e. The smallest absolute Gasteiger partial charge is 0.119 e. The zero-order valence-corrected chi connectivity index (χ0v) is 22.8. The Kier molecular flexibility index (Phi) is 11.8. The predicted octanol–water partition coefficient (Wildman–Crippen LogP) is 4.40. The van der Waals surface area contributed by atoms with E-state index in [-0.39, 0.29) is 6.04 Å². The molecule has 1 saturated heterocycles. The molecular formula is C29H38N4O3S. The summed E-state index contributed by atoms with van der Waals surface area (Å²) in [7, 11) is -0.642. The molecule has 1 aliphatic rings. The first-order valence-electron chi connectivity index (χ1n) is 12.9. The minimum atomic E-state index is -0.642. The molecule has 37 heavy (non-hydrogen) atoms. The van der Waals surface area contributed by atoms with Gasteiger partial charge in [0.05, 0.1) is 30.5 Å². The molecule has 2 aromatic rings. The normalized spacial score (nSPS) is 15.6. The average Bonchev–Trinajstić information content (AvgIpc) is 2.90. The summed E-state index contributed by atoms with van der Waals surface area (Å²) >= 11 is 0. The van der Waals surface area contributed by atoms with Crippen molar-refractivity contribution in [2.75, 3.05) is 51.0 Å². The summed E-state index contributed by atoms with van der Waals surface area (Å²) < 4.78 is 23.0. The Bertz CT molecular complexity index is 1100. The second-order valence-corrected chi connectivity index (χ2v) is 10.8. The van der Waals surface area contributed by atoms with E-state index in [4.69, 9.17) is 9.47 Å². The zero-order valence-electron chi connectivity index (χ0n) is 21.9. The number of ether oxygens (including phenoxy) is 2. The maximum absolute atomic E-state index is 11.4. The Morgan fingerprint density at radius 2 is 1.97 bits per heavy atom. The molecule has 1 aromatic carbocycles. The van der Waals surface area contributed by atoms with Crippen LogP contribution in [0.1, 0.15) is 42.8 Å². The molecule has 198 valence electrons. The molecule has 1 fully saturated rings. The number of nitrogens with zero attached hydrogens (tertiary/aromatic N) is 3. The molecule has 0 bridgehead atoms. The minimum Gasteiger partial charge on any atom is -0.491 e. The molecule has 0 amide bonds. The number of rotatable bonds is 14. The van der Waals surface area contributed by atoms with E-state index in [1.54, 1.807) is 6.08 Å². The second-order valence-electron chi connectivity index (χ2n) is 9.06. The van der Waals surface area contributed by atoms with E-state index in [1.807, 2.05) is 37.3 Å². The molecule has 1 atom stereocenters. The van der Waals surface area contributed by atoms with E-state index >= 15 is 0 Å². The molecular weight excluding hydrogens is 484 g/mol. The van der Waals surface area contributed by atoms with Crippen molar-refractivity contribution in [2.45, 2.75) is 32.7 Å². The first kappa shape index (κ1) is 28.6. The van der Waals surface area contributed by atoms with Gasteiger partial charge in [0, 0.05) is 53.3 Å². The van der Waals surface area contributed by atoms with E-state index < -0.39 is 10.8 Å². The number of aromatic nitrogens is 1. The fraction of sp³-hybridized carbons (Fsp3) is 0.448. The molecule has 0 saturated carbocycles. The summed E-state index contributed by atoms with van der Waals surface area (Å²) in [6.45, 7) is 12.5. The highest BCUT2D eigenvalue weighted by Gasteiger charge is 2.15. The third-order valence-electron chi connectivity index (χ3n) is 6.17. The number of pyridine rings is 1. The van der Waals surface area contributed by atoms with Gasteiger partial charge in [0.15, 0.2) is 0 Å². The lowest BCUT2D eigenvalue weighted by Crippen LogP contribution is -2.39. The van der Waals surface area contributed by atoms with Crippen LogP contribution in [-0.4, -0.2) is 65.1 Å². The van der Waals surface area contributed by atoms with Crippen molar-refractivity contribution in [3.05, 3.63) is 77.3 Å². The van der Waals surface area contributed by atoms with Gasteiger partial charge in [-0.25, -0.2) is 0 Å². The molecule has 8 heteroatoms. The molecule has 1 aliphatic heterocycles. The fourth-order valence-electron chi connectivity index (χ4n) is 4.09. The van der Waals surface area contributed by atoms with Crippen LogP contribution in [0.2, 0.25) is 0 Å². The highest BCUT2D eigenvalue weighted by Crippen LogP contribution is 2.24. The first-order valence-corrected chi connectivity index (χ1v) is 14.4. The van der Waals surface area contributed by atoms with Crippen LogP contribution in [0.25, 0.3) is 6.08 Å². The predicted molar refractivity (Wildman–Crippen MR) is 150 cm³/mol. The maximum atomic E-state index is 11.4. The lowest BCUT2D eigenvalue weighted by Gasteiger charge is -2.25. The van der Waals surface area contributed by atoms with Gasteiger partial charge in [0.2, 0.25) is 0 Å². The number of nitrogens with one attached hydrogen (secondary N) is 1. The average molecular weight is 523 g/mol. The van der Waals surface area contributed by atoms with Gasteiger partial charge < -0.3 is 14.8 Å². The van der Waals surface area contributed by atoms with Crippen molar-refractivity contribution in [1.82, 2.24) is 15.2 Å². The number of allylic oxidation sites excluding steroid dienone is 1. The molecule has 3 rings (SSSR count). The second kappa shape index (κ2) is 15.3. The fourth-order valence-corrected chi connectivity index (χ4v) is 5.22. The highest BCUT2D eigenvalue weighted by atomic mass is 32.2. The van der Waals surface area contributed by atoms with Crippen LogP contribution in [0.3, 0.4) is 0 Å². The Labute approximate surface area is 223 Å². The van der Waals surface area contributed by atoms with Crippen LogP contribution in [0.5, 0.6) is 5.75 Å². The topological polar surface area (TPSA) is 87.5 Å². The van der Waals surface area contributed by atoms with E-state index in [9.17, 15) is 9.47 Å². The Morgan fingerprint density at radius 3 is 2.65 bits per heavy atom. The van der Waals surface area contributed by atoms with Crippen LogP contribution >= 0.6 is 0 Å². The molecule has 0 radical (unpaired) electrons. The first-order chi connectivity index (χ1) is 18.0. The van der Waals surface area contributed by atoms with Gasteiger partial charge in [0.25, 0.3) is 0 Å². The van der Waals surface area contributed by atoms with Crippen LogP contribution in [0.15, 0.2) is 60.3 Å². The van der Waals surface area contributed by atoms with Gasteiger partial charge in [-0.15, -0.1) is 0 Å². The highest BCUT2D eigenvalue weighted by molar-refractivity contribution is 7.85. The van der Waals surface area contributed by atoms with E-state index in [0.717, 1.165) is 66.7 Å². The van der Waals surface area contributed by atoms with Crippen molar-refractivity contribution in [3.8, 4) is 11.8 Å². The summed E-state index contributed by atoms with van der Waals surface area (Å²) in [6, 6.07) is 16.0. The van der Waals surface area contributed by atoms with Crippen LogP contribution < -0.4 is 10.1 Å².